The van der Waals surface area contributed by atoms with E-state index >= 15 is 0 Å². The van der Waals surface area contributed by atoms with Crippen molar-refractivity contribution < 1.29 is 0 Å². The Bertz CT molecular complexity index is 503. The minimum Gasteiger partial charge on any atom is -0.355 e. The summed E-state index contributed by atoms with van der Waals surface area (Å²) in [6.07, 6.45) is 5.01. The van der Waals surface area contributed by atoms with Gasteiger partial charge in [0, 0.05) is 24.5 Å². The molecule has 6 heteroatoms. The van der Waals surface area contributed by atoms with E-state index in [1.54, 1.807) is 11.3 Å². The number of aliphatic imine (C=N–C) groups is 1. The molecule has 2 heterocycles. The van der Waals surface area contributed by atoms with Crippen LogP contribution in [0.1, 0.15) is 50.7 Å². The molecule has 1 fully saturated rings. The third-order valence-corrected chi connectivity index (χ3v) is 5.50. The van der Waals surface area contributed by atoms with Crippen LogP contribution in [0.2, 0.25) is 0 Å². The molecule has 23 heavy (non-hydrogen) atoms. The summed E-state index contributed by atoms with van der Waals surface area (Å²) in [5, 5.41) is 10.1. The first-order valence-electron chi connectivity index (χ1n) is 8.68. The largest absolute Gasteiger partial charge is 0.355 e. The van der Waals surface area contributed by atoms with Crippen molar-refractivity contribution in [1.82, 2.24) is 20.5 Å². The molecule has 0 atom stereocenters. The lowest BCUT2D eigenvalue weighted by Crippen LogP contribution is -2.54. The Morgan fingerprint density at radius 2 is 2.04 bits per heavy atom. The maximum atomic E-state index is 4.58. The monoisotopic (exact) mass is 337 g/mol. The van der Waals surface area contributed by atoms with Crippen LogP contribution >= 0.6 is 11.3 Å². The summed E-state index contributed by atoms with van der Waals surface area (Å²) in [6, 6.07) is 0. The molecule has 0 unspecified atom stereocenters. The fourth-order valence-corrected chi connectivity index (χ4v) is 3.64. The van der Waals surface area contributed by atoms with Gasteiger partial charge in [0.1, 0.15) is 0 Å². The minimum absolute atomic E-state index is 0.147. The quantitative estimate of drug-likeness (QED) is 0.619. The average molecular weight is 338 g/mol. The van der Waals surface area contributed by atoms with E-state index in [1.807, 2.05) is 7.05 Å². The summed E-state index contributed by atoms with van der Waals surface area (Å²) < 4.78 is 0. The van der Waals surface area contributed by atoms with Crippen molar-refractivity contribution in [2.45, 2.75) is 58.5 Å². The second-order valence-corrected chi connectivity index (χ2v) is 7.67. The van der Waals surface area contributed by atoms with Gasteiger partial charge < -0.3 is 10.6 Å². The molecule has 1 aliphatic rings. The lowest BCUT2D eigenvalue weighted by molar-refractivity contribution is 0.0982. The number of nitrogens with zero attached hydrogens (tertiary/aromatic N) is 3. The zero-order chi connectivity index (χ0) is 16.7. The van der Waals surface area contributed by atoms with Gasteiger partial charge in [-0.3, -0.25) is 9.89 Å². The summed E-state index contributed by atoms with van der Waals surface area (Å²) in [6.45, 7) is 10.8. The summed E-state index contributed by atoms with van der Waals surface area (Å²) in [5.74, 6) is 0.848. The topological polar surface area (TPSA) is 52.6 Å². The van der Waals surface area contributed by atoms with Gasteiger partial charge in [0.25, 0.3) is 0 Å². The Morgan fingerprint density at radius 3 is 2.65 bits per heavy atom. The third kappa shape index (κ3) is 5.46. The highest BCUT2D eigenvalue weighted by molar-refractivity contribution is 7.09. The number of piperidine rings is 1. The molecular weight excluding hydrogens is 306 g/mol. The van der Waals surface area contributed by atoms with Crippen molar-refractivity contribution >= 4 is 17.3 Å². The first-order chi connectivity index (χ1) is 11.0. The SMILES string of the molecule is CCc1nc(CNC(=NC)NCC(C)(C)N2CCCCC2)cs1. The molecule has 1 aromatic rings. The van der Waals surface area contributed by atoms with Crippen molar-refractivity contribution in [2.24, 2.45) is 4.99 Å². The highest BCUT2D eigenvalue weighted by atomic mass is 32.1. The number of aryl methyl sites for hydroxylation is 1. The second kappa shape index (κ2) is 8.64. The molecule has 0 spiro atoms. The van der Waals surface area contributed by atoms with Gasteiger partial charge in [0.05, 0.1) is 17.2 Å². The number of likely N-dealkylation sites (tertiary alicyclic amines) is 1. The minimum atomic E-state index is 0.147. The van der Waals surface area contributed by atoms with Gasteiger partial charge in [0.2, 0.25) is 0 Å². The molecule has 1 aliphatic heterocycles. The normalized spacial score (nSPS) is 17.3. The summed E-state index contributed by atoms with van der Waals surface area (Å²) in [4.78, 5) is 11.5. The van der Waals surface area contributed by atoms with Crippen LogP contribution in [0.5, 0.6) is 0 Å². The predicted octanol–water partition coefficient (Wildman–Crippen LogP) is 2.63. The molecule has 0 radical (unpaired) electrons. The molecule has 130 valence electrons. The fourth-order valence-electron chi connectivity index (χ4n) is 2.90. The Labute approximate surface area is 144 Å². The summed E-state index contributed by atoms with van der Waals surface area (Å²) >= 11 is 1.73. The first kappa shape index (κ1) is 18.2. The van der Waals surface area contributed by atoms with Crippen molar-refractivity contribution in [2.75, 3.05) is 26.7 Å². The molecule has 0 bridgehead atoms. The number of guanidine groups is 1. The smallest absolute Gasteiger partial charge is 0.191 e. The van der Waals surface area contributed by atoms with Gasteiger partial charge in [-0.15, -0.1) is 11.3 Å². The van der Waals surface area contributed by atoms with Gasteiger partial charge in [-0.1, -0.05) is 13.3 Å². The van der Waals surface area contributed by atoms with E-state index in [9.17, 15) is 0 Å². The van der Waals surface area contributed by atoms with Gasteiger partial charge in [-0.2, -0.15) is 0 Å². The summed E-state index contributed by atoms with van der Waals surface area (Å²) in [7, 11) is 1.82. The number of nitrogens with one attached hydrogen (secondary N) is 2. The number of aromatic nitrogens is 1. The zero-order valence-electron chi connectivity index (χ0n) is 15.0. The summed E-state index contributed by atoms with van der Waals surface area (Å²) in [5.41, 5.74) is 1.23. The molecule has 0 amide bonds. The van der Waals surface area contributed by atoms with E-state index in [0.29, 0.717) is 0 Å². The molecule has 5 nitrogen and oxygen atoms in total. The van der Waals surface area contributed by atoms with Crippen LogP contribution in [-0.2, 0) is 13.0 Å². The molecule has 1 aromatic heterocycles. The molecule has 0 saturated carbocycles. The Morgan fingerprint density at radius 1 is 1.30 bits per heavy atom. The standard InChI is InChI=1S/C17H31N5S/c1-5-15-21-14(12-23-15)11-19-16(18-4)20-13-17(2,3)22-9-7-6-8-10-22/h12H,5-11,13H2,1-4H3,(H2,18,19,20). The Hall–Kier alpha value is -1.14. The van der Waals surface area contributed by atoms with Crippen LogP contribution in [0.15, 0.2) is 10.4 Å². The molecule has 2 N–H and O–H groups in total. The van der Waals surface area contributed by atoms with Gasteiger partial charge in [-0.25, -0.2) is 4.98 Å². The van der Waals surface area contributed by atoms with Gasteiger partial charge >= 0.3 is 0 Å². The average Bonchev–Trinajstić information content (AvgIpc) is 3.04. The predicted molar refractivity (Wildman–Crippen MR) is 99.2 cm³/mol. The Balaban J connectivity index is 1.79. The zero-order valence-corrected chi connectivity index (χ0v) is 15.8. The van der Waals surface area contributed by atoms with Gasteiger partial charge in [-0.05, 0) is 46.2 Å². The van der Waals surface area contributed by atoms with Crippen molar-refractivity contribution in [3.8, 4) is 0 Å². The van der Waals surface area contributed by atoms with Crippen molar-refractivity contribution in [3.05, 3.63) is 16.1 Å². The number of hydrogen-bond acceptors (Lipinski definition) is 4. The number of thiazole rings is 1. The Kier molecular flexibility index (Phi) is 6.84. The van der Waals surface area contributed by atoms with Gasteiger partial charge in [0.15, 0.2) is 5.96 Å². The van der Waals surface area contributed by atoms with E-state index in [1.165, 1.54) is 37.4 Å². The van der Waals surface area contributed by atoms with Crippen LogP contribution < -0.4 is 10.6 Å². The first-order valence-corrected chi connectivity index (χ1v) is 9.56. The van der Waals surface area contributed by atoms with E-state index in [4.69, 9.17) is 0 Å². The lowest BCUT2D eigenvalue weighted by Gasteiger charge is -2.41. The van der Waals surface area contributed by atoms with Crippen LogP contribution in [0.4, 0.5) is 0 Å². The molecule has 0 aliphatic carbocycles. The van der Waals surface area contributed by atoms with Crippen LogP contribution in [0.3, 0.4) is 0 Å². The van der Waals surface area contributed by atoms with Crippen LogP contribution in [-0.4, -0.2) is 48.1 Å². The molecular formula is C17H31N5S. The van der Waals surface area contributed by atoms with E-state index in [-0.39, 0.29) is 5.54 Å². The maximum Gasteiger partial charge on any atom is 0.191 e. The fraction of sp³-hybridized carbons (Fsp3) is 0.765. The van der Waals surface area contributed by atoms with E-state index in [2.05, 4.69) is 51.7 Å². The molecule has 2 rings (SSSR count). The van der Waals surface area contributed by atoms with E-state index < -0.39 is 0 Å². The highest BCUT2D eigenvalue weighted by Crippen LogP contribution is 2.19. The molecule has 0 aromatic carbocycles. The second-order valence-electron chi connectivity index (χ2n) is 6.73. The maximum absolute atomic E-state index is 4.58. The highest BCUT2D eigenvalue weighted by Gasteiger charge is 2.27. The molecule has 1 saturated heterocycles. The van der Waals surface area contributed by atoms with Crippen LogP contribution in [0, 0.1) is 0 Å². The van der Waals surface area contributed by atoms with Crippen molar-refractivity contribution in [3.63, 3.8) is 0 Å². The van der Waals surface area contributed by atoms with E-state index in [0.717, 1.165) is 31.2 Å². The third-order valence-electron chi connectivity index (χ3n) is 4.46. The van der Waals surface area contributed by atoms with Crippen LogP contribution in [0.25, 0.3) is 0 Å². The van der Waals surface area contributed by atoms with Crippen molar-refractivity contribution in [1.29, 1.82) is 0 Å². The number of hydrogen-bond donors (Lipinski definition) is 2. The number of rotatable bonds is 6. The lowest BCUT2D eigenvalue weighted by atomic mass is 9.98.